The smallest absolute Gasteiger partial charge is 0.193 e. The van der Waals surface area contributed by atoms with Gasteiger partial charge in [0.25, 0.3) is 0 Å². The number of Topliss-reactive ketones (excluding diaryl/α,β-unsaturated/α-hetero) is 1. The Labute approximate surface area is 103 Å². The van der Waals surface area contributed by atoms with E-state index >= 15 is 0 Å². The molecule has 0 spiro atoms. The summed E-state index contributed by atoms with van der Waals surface area (Å²) in [7, 11) is 3.57. The van der Waals surface area contributed by atoms with Gasteiger partial charge in [-0.25, -0.2) is 0 Å². The van der Waals surface area contributed by atoms with Crippen LogP contribution in [-0.2, 0) is 11.8 Å². The van der Waals surface area contributed by atoms with Crippen LogP contribution in [0.4, 0.5) is 0 Å². The fourth-order valence-corrected chi connectivity index (χ4v) is 1.74. The van der Waals surface area contributed by atoms with Crippen LogP contribution < -0.4 is 0 Å². The number of carbonyl (C=O) groups excluding carboxylic acids is 1. The molecule has 0 radical (unpaired) electrons. The molecule has 1 rings (SSSR count). The van der Waals surface area contributed by atoms with Crippen molar-refractivity contribution in [2.24, 2.45) is 7.05 Å². The summed E-state index contributed by atoms with van der Waals surface area (Å²) in [6, 6.07) is 4.09. The summed E-state index contributed by atoms with van der Waals surface area (Å²) in [6.07, 6.45) is 1.89. The largest absolute Gasteiger partial charge is 0.383 e. The molecule has 1 heterocycles. The molecule has 4 heteroatoms. The lowest BCUT2D eigenvalue weighted by atomic mass is 10.2. The van der Waals surface area contributed by atoms with Crippen LogP contribution in [0.2, 0.25) is 0 Å². The first-order valence-electron chi connectivity index (χ1n) is 5.93. The molecule has 0 unspecified atom stereocenters. The number of ketones is 1. The summed E-state index contributed by atoms with van der Waals surface area (Å²) < 4.78 is 6.92. The molecule has 0 fully saturated rings. The van der Waals surface area contributed by atoms with Crippen LogP contribution in [0.15, 0.2) is 18.3 Å². The van der Waals surface area contributed by atoms with Crippen molar-refractivity contribution in [3.63, 3.8) is 0 Å². The predicted octanol–water partition coefficient (Wildman–Crippen LogP) is 1.56. The summed E-state index contributed by atoms with van der Waals surface area (Å²) in [5, 5.41) is 0. The third-order valence-electron chi connectivity index (χ3n) is 2.89. The summed E-state index contributed by atoms with van der Waals surface area (Å²) >= 11 is 0. The van der Waals surface area contributed by atoms with E-state index < -0.39 is 0 Å². The number of aryl methyl sites for hydroxylation is 1. The fraction of sp³-hybridized carbons (Fsp3) is 0.615. The van der Waals surface area contributed by atoms with Crippen molar-refractivity contribution in [1.82, 2.24) is 9.47 Å². The number of nitrogens with zero attached hydrogens (tertiary/aromatic N) is 2. The molecule has 96 valence electrons. The van der Waals surface area contributed by atoms with E-state index in [1.165, 1.54) is 0 Å². The Bertz CT molecular complexity index is 358. The molecule has 0 aliphatic rings. The van der Waals surface area contributed by atoms with Crippen molar-refractivity contribution in [1.29, 1.82) is 0 Å². The molecule has 0 aliphatic heterocycles. The maximum atomic E-state index is 12.1. The van der Waals surface area contributed by atoms with E-state index in [4.69, 9.17) is 4.74 Å². The van der Waals surface area contributed by atoms with E-state index in [-0.39, 0.29) is 5.78 Å². The number of rotatable bonds is 7. The van der Waals surface area contributed by atoms with Crippen molar-refractivity contribution in [3.05, 3.63) is 24.0 Å². The number of methoxy groups -OCH3 is 1. The van der Waals surface area contributed by atoms with Gasteiger partial charge in [-0.1, -0.05) is 0 Å². The van der Waals surface area contributed by atoms with E-state index in [1.807, 2.05) is 29.9 Å². The zero-order valence-electron chi connectivity index (χ0n) is 11.1. The van der Waals surface area contributed by atoms with Gasteiger partial charge in [0.2, 0.25) is 0 Å². The Balaban J connectivity index is 2.61. The molecule has 0 saturated heterocycles. The predicted molar refractivity (Wildman–Crippen MR) is 68.3 cm³/mol. The van der Waals surface area contributed by atoms with Gasteiger partial charge >= 0.3 is 0 Å². The van der Waals surface area contributed by atoms with Gasteiger partial charge < -0.3 is 9.30 Å². The van der Waals surface area contributed by atoms with Gasteiger partial charge in [-0.3, -0.25) is 9.69 Å². The quantitative estimate of drug-likeness (QED) is 0.676. The van der Waals surface area contributed by atoms with Gasteiger partial charge in [0.05, 0.1) is 18.8 Å². The van der Waals surface area contributed by atoms with Crippen molar-refractivity contribution in [3.8, 4) is 0 Å². The maximum Gasteiger partial charge on any atom is 0.193 e. The fourth-order valence-electron chi connectivity index (χ4n) is 1.74. The van der Waals surface area contributed by atoms with Crippen molar-refractivity contribution >= 4 is 5.78 Å². The molecule has 0 bridgehead atoms. The molecule has 0 aromatic carbocycles. The minimum atomic E-state index is 0.155. The van der Waals surface area contributed by atoms with Crippen LogP contribution in [0, 0.1) is 0 Å². The van der Waals surface area contributed by atoms with Crippen molar-refractivity contribution in [2.75, 3.05) is 26.8 Å². The van der Waals surface area contributed by atoms with Gasteiger partial charge in [-0.05, 0) is 26.0 Å². The first-order valence-corrected chi connectivity index (χ1v) is 5.93. The normalized spacial score (nSPS) is 11.4. The highest BCUT2D eigenvalue weighted by atomic mass is 16.5. The van der Waals surface area contributed by atoms with Gasteiger partial charge in [0.1, 0.15) is 0 Å². The van der Waals surface area contributed by atoms with E-state index in [9.17, 15) is 4.79 Å². The van der Waals surface area contributed by atoms with Crippen LogP contribution in [0.1, 0.15) is 24.3 Å². The molecule has 0 atom stereocenters. The van der Waals surface area contributed by atoms with Crippen LogP contribution in [0.3, 0.4) is 0 Å². The molecule has 0 saturated carbocycles. The lowest BCUT2D eigenvalue weighted by Gasteiger charge is -2.25. The zero-order chi connectivity index (χ0) is 12.8. The van der Waals surface area contributed by atoms with Gasteiger partial charge in [0, 0.05) is 32.9 Å². The third kappa shape index (κ3) is 3.98. The van der Waals surface area contributed by atoms with Crippen LogP contribution in [0.5, 0.6) is 0 Å². The molecule has 1 aromatic heterocycles. The molecular weight excluding hydrogens is 216 g/mol. The van der Waals surface area contributed by atoms with Gasteiger partial charge in [-0.2, -0.15) is 0 Å². The third-order valence-corrected chi connectivity index (χ3v) is 2.89. The topological polar surface area (TPSA) is 34.5 Å². The number of carbonyl (C=O) groups is 1. The highest BCUT2D eigenvalue weighted by Gasteiger charge is 2.16. The summed E-state index contributed by atoms with van der Waals surface area (Å²) in [5.41, 5.74) is 0.757. The Morgan fingerprint density at radius 1 is 1.53 bits per heavy atom. The average Bonchev–Trinajstić information content (AvgIpc) is 2.70. The molecule has 0 N–H and O–H groups in total. The standard InChI is InChI=1S/C13H22N2O2/c1-11(2)15(8-9-17-4)10-13(16)12-6-5-7-14(12)3/h5-7,11H,8-10H2,1-4H3. The molecule has 0 amide bonds. The highest BCUT2D eigenvalue weighted by Crippen LogP contribution is 2.05. The summed E-state index contributed by atoms with van der Waals surface area (Å²) in [5.74, 6) is 0.155. The van der Waals surface area contributed by atoms with E-state index in [0.29, 0.717) is 19.2 Å². The van der Waals surface area contributed by atoms with E-state index in [0.717, 1.165) is 12.2 Å². The maximum absolute atomic E-state index is 12.1. The Hall–Kier alpha value is -1.13. The molecule has 1 aromatic rings. The second kappa shape index (κ2) is 6.57. The number of ether oxygens (including phenoxy) is 1. The van der Waals surface area contributed by atoms with E-state index in [1.54, 1.807) is 7.11 Å². The van der Waals surface area contributed by atoms with Crippen LogP contribution in [0.25, 0.3) is 0 Å². The Morgan fingerprint density at radius 2 is 2.24 bits per heavy atom. The molecular formula is C13H22N2O2. The van der Waals surface area contributed by atoms with Crippen LogP contribution >= 0.6 is 0 Å². The lowest BCUT2D eigenvalue weighted by Crippen LogP contribution is -2.38. The minimum absolute atomic E-state index is 0.155. The SMILES string of the molecule is COCCN(CC(=O)c1cccn1C)C(C)C. The molecule has 0 aliphatic carbocycles. The number of aromatic nitrogens is 1. The molecule has 4 nitrogen and oxygen atoms in total. The Morgan fingerprint density at radius 3 is 2.71 bits per heavy atom. The number of hydrogen-bond acceptors (Lipinski definition) is 3. The van der Waals surface area contributed by atoms with Crippen molar-refractivity contribution in [2.45, 2.75) is 19.9 Å². The lowest BCUT2D eigenvalue weighted by molar-refractivity contribution is 0.0844. The average molecular weight is 238 g/mol. The van der Waals surface area contributed by atoms with Gasteiger partial charge in [0.15, 0.2) is 5.78 Å². The second-order valence-electron chi connectivity index (χ2n) is 4.48. The molecule has 17 heavy (non-hydrogen) atoms. The van der Waals surface area contributed by atoms with Gasteiger partial charge in [-0.15, -0.1) is 0 Å². The Kier molecular flexibility index (Phi) is 5.38. The minimum Gasteiger partial charge on any atom is -0.383 e. The van der Waals surface area contributed by atoms with Crippen LogP contribution in [-0.4, -0.2) is 48.1 Å². The zero-order valence-corrected chi connectivity index (χ0v) is 11.1. The van der Waals surface area contributed by atoms with Crippen molar-refractivity contribution < 1.29 is 9.53 Å². The monoisotopic (exact) mass is 238 g/mol. The highest BCUT2D eigenvalue weighted by molar-refractivity contribution is 5.96. The second-order valence-corrected chi connectivity index (χ2v) is 4.48. The summed E-state index contributed by atoms with van der Waals surface area (Å²) in [4.78, 5) is 14.2. The first-order chi connectivity index (χ1) is 8.06. The van der Waals surface area contributed by atoms with E-state index in [2.05, 4.69) is 18.7 Å². The number of hydrogen-bond donors (Lipinski definition) is 0. The first kappa shape index (κ1) is 13.9. The summed E-state index contributed by atoms with van der Waals surface area (Å²) in [6.45, 7) is 6.06.